The Hall–Kier alpha value is -0.870. The van der Waals surface area contributed by atoms with Crippen molar-refractivity contribution in [2.24, 2.45) is 0 Å². The van der Waals surface area contributed by atoms with Gasteiger partial charge in [0.05, 0.1) is 12.1 Å². The molecule has 0 saturated carbocycles. The monoisotopic (exact) mass is 273 g/mol. The predicted octanol–water partition coefficient (Wildman–Crippen LogP) is 2.74. The summed E-state index contributed by atoms with van der Waals surface area (Å²) in [5.41, 5.74) is 0.754. The molecule has 0 aliphatic carbocycles. The third-order valence-corrected chi connectivity index (χ3v) is 2.95. The van der Waals surface area contributed by atoms with Gasteiger partial charge < -0.3 is 9.80 Å². The predicted molar refractivity (Wildman–Crippen MR) is 74.8 cm³/mol. The molecule has 5 heteroatoms. The van der Waals surface area contributed by atoms with Gasteiger partial charge in [0.25, 0.3) is 0 Å². The van der Waals surface area contributed by atoms with Gasteiger partial charge in [0.15, 0.2) is 0 Å². The molecule has 0 aromatic carbocycles. The molecule has 0 aliphatic heterocycles. The fourth-order valence-corrected chi connectivity index (χ4v) is 1.97. The van der Waals surface area contributed by atoms with Crippen molar-refractivity contribution < 1.29 is 4.39 Å². The van der Waals surface area contributed by atoms with Crippen molar-refractivity contribution in [3.8, 4) is 0 Å². The highest BCUT2D eigenvalue weighted by Crippen LogP contribution is 2.20. The van der Waals surface area contributed by atoms with E-state index in [-0.39, 0.29) is 11.7 Å². The van der Waals surface area contributed by atoms with Gasteiger partial charge in [0, 0.05) is 25.2 Å². The zero-order chi connectivity index (χ0) is 13.5. The Morgan fingerprint density at radius 3 is 2.56 bits per heavy atom. The van der Waals surface area contributed by atoms with Crippen LogP contribution in [0.1, 0.15) is 18.9 Å². The summed E-state index contributed by atoms with van der Waals surface area (Å²) in [6.07, 6.45) is 2.28. The smallest absolute Gasteiger partial charge is 0.141 e. The van der Waals surface area contributed by atoms with Crippen LogP contribution in [-0.4, -0.2) is 43.6 Å². The summed E-state index contributed by atoms with van der Waals surface area (Å²) < 4.78 is 13.1. The first-order valence-corrected chi connectivity index (χ1v) is 6.72. The van der Waals surface area contributed by atoms with Gasteiger partial charge in [-0.1, -0.05) is 6.92 Å². The third kappa shape index (κ3) is 4.42. The molecule has 0 spiro atoms. The number of alkyl halides is 1. The topological polar surface area (TPSA) is 19.4 Å². The molecule has 0 fully saturated rings. The Balaban J connectivity index is 2.89. The zero-order valence-electron chi connectivity index (χ0n) is 11.3. The van der Waals surface area contributed by atoms with E-state index in [1.165, 1.54) is 12.3 Å². The Kier molecular flexibility index (Phi) is 6.36. The third-order valence-electron chi connectivity index (χ3n) is 2.66. The summed E-state index contributed by atoms with van der Waals surface area (Å²) in [4.78, 5) is 8.48. The largest absolute Gasteiger partial charge is 0.355 e. The lowest BCUT2D eigenvalue weighted by Gasteiger charge is -2.26. The number of nitrogens with zero attached hydrogens (tertiary/aromatic N) is 3. The molecule has 0 aliphatic rings. The van der Waals surface area contributed by atoms with Gasteiger partial charge in [-0.05, 0) is 26.6 Å². The molecule has 1 aromatic rings. The quantitative estimate of drug-likeness (QED) is 0.712. The molecule has 0 saturated heterocycles. The summed E-state index contributed by atoms with van der Waals surface area (Å²) >= 11 is 5.87. The highest BCUT2D eigenvalue weighted by molar-refractivity contribution is 6.17. The lowest BCUT2D eigenvalue weighted by Crippen LogP contribution is -2.33. The van der Waals surface area contributed by atoms with Crippen molar-refractivity contribution in [1.29, 1.82) is 0 Å². The summed E-state index contributed by atoms with van der Waals surface area (Å²) in [5.74, 6) is 0.746. The van der Waals surface area contributed by atoms with Crippen LogP contribution in [0.2, 0.25) is 0 Å². The normalized spacial score (nSPS) is 11.0. The van der Waals surface area contributed by atoms with E-state index in [1.54, 1.807) is 0 Å². The Morgan fingerprint density at radius 1 is 1.28 bits per heavy atom. The molecule has 0 atom stereocenters. The molecule has 0 N–H and O–H groups in total. The highest BCUT2D eigenvalue weighted by atomic mass is 35.5. The minimum Gasteiger partial charge on any atom is -0.355 e. The van der Waals surface area contributed by atoms with Crippen LogP contribution in [0.3, 0.4) is 0 Å². The van der Waals surface area contributed by atoms with E-state index in [1.807, 2.05) is 14.1 Å². The van der Waals surface area contributed by atoms with E-state index in [2.05, 4.69) is 21.7 Å². The first-order chi connectivity index (χ1) is 8.58. The Bertz CT molecular complexity index is 371. The van der Waals surface area contributed by atoms with Crippen LogP contribution in [-0.2, 0) is 5.88 Å². The Morgan fingerprint density at radius 2 is 2.00 bits per heavy atom. The number of anilines is 1. The van der Waals surface area contributed by atoms with E-state index in [9.17, 15) is 4.39 Å². The molecule has 18 heavy (non-hydrogen) atoms. The lowest BCUT2D eigenvalue weighted by molar-refractivity contribution is 0.412. The van der Waals surface area contributed by atoms with Gasteiger partial charge >= 0.3 is 0 Å². The van der Waals surface area contributed by atoms with Crippen molar-refractivity contribution in [3.63, 3.8) is 0 Å². The first kappa shape index (κ1) is 15.2. The molecule has 1 heterocycles. The minimum atomic E-state index is -0.335. The van der Waals surface area contributed by atoms with Gasteiger partial charge in [-0.3, -0.25) is 0 Å². The van der Waals surface area contributed by atoms with E-state index >= 15 is 0 Å². The average Bonchev–Trinajstić information content (AvgIpc) is 2.34. The summed E-state index contributed by atoms with van der Waals surface area (Å²) in [6.45, 7) is 4.81. The summed E-state index contributed by atoms with van der Waals surface area (Å²) in [5, 5.41) is 0. The molecule has 1 aromatic heterocycles. The number of aromatic nitrogens is 1. The maximum Gasteiger partial charge on any atom is 0.141 e. The van der Waals surface area contributed by atoms with Gasteiger partial charge in [0.1, 0.15) is 11.6 Å². The fraction of sp³-hybridized carbons (Fsp3) is 0.615. The first-order valence-electron chi connectivity index (χ1n) is 6.18. The molecule has 102 valence electrons. The molecule has 0 unspecified atom stereocenters. The molecular formula is C13H21ClFN3. The molecule has 3 nitrogen and oxygen atoms in total. The average molecular weight is 274 g/mol. The van der Waals surface area contributed by atoms with Crippen molar-refractivity contribution in [2.45, 2.75) is 19.2 Å². The number of hydrogen-bond acceptors (Lipinski definition) is 3. The maximum absolute atomic E-state index is 13.1. The molecular weight excluding hydrogens is 253 g/mol. The van der Waals surface area contributed by atoms with Gasteiger partial charge in [-0.15, -0.1) is 11.6 Å². The van der Waals surface area contributed by atoms with Crippen LogP contribution in [0.5, 0.6) is 0 Å². The van der Waals surface area contributed by atoms with Gasteiger partial charge in [0.2, 0.25) is 0 Å². The molecule has 0 bridgehead atoms. The van der Waals surface area contributed by atoms with Crippen LogP contribution < -0.4 is 4.90 Å². The standard InChI is InChI=1S/C13H21ClFN3/c1-4-5-18(7-6-17(2)3)13-11(9-14)8-12(15)10-16-13/h8,10H,4-7,9H2,1-3H3. The minimum absolute atomic E-state index is 0.280. The number of rotatable bonds is 7. The SMILES string of the molecule is CCCN(CCN(C)C)c1ncc(F)cc1CCl. The van der Waals surface area contributed by atoms with Crippen molar-refractivity contribution >= 4 is 17.4 Å². The molecule has 0 radical (unpaired) electrons. The van der Waals surface area contributed by atoms with E-state index in [0.717, 1.165) is 37.4 Å². The second-order valence-electron chi connectivity index (χ2n) is 4.56. The number of pyridine rings is 1. The van der Waals surface area contributed by atoms with Gasteiger partial charge in [-0.25, -0.2) is 9.37 Å². The molecule has 1 rings (SSSR count). The van der Waals surface area contributed by atoms with Gasteiger partial charge in [-0.2, -0.15) is 0 Å². The van der Waals surface area contributed by atoms with Crippen LogP contribution in [0.4, 0.5) is 10.2 Å². The van der Waals surface area contributed by atoms with E-state index in [0.29, 0.717) is 0 Å². The van der Waals surface area contributed by atoms with E-state index in [4.69, 9.17) is 11.6 Å². The summed E-state index contributed by atoms with van der Waals surface area (Å²) in [6, 6.07) is 1.47. The van der Waals surface area contributed by atoms with Crippen LogP contribution in [0.25, 0.3) is 0 Å². The van der Waals surface area contributed by atoms with Crippen LogP contribution >= 0.6 is 11.6 Å². The van der Waals surface area contributed by atoms with Crippen LogP contribution in [0.15, 0.2) is 12.3 Å². The Labute approximate surface area is 114 Å². The zero-order valence-corrected chi connectivity index (χ0v) is 12.0. The maximum atomic E-state index is 13.1. The van der Waals surface area contributed by atoms with Crippen LogP contribution in [0, 0.1) is 5.82 Å². The number of likely N-dealkylation sites (N-methyl/N-ethyl adjacent to an activating group) is 1. The van der Waals surface area contributed by atoms with E-state index < -0.39 is 0 Å². The fourth-order valence-electron chi connectivity index (χ4n) is 1.77. The van der Waals surface area contributed by atoms with Crippen molar-refractivity contribution in [3.05, 3.63) is 23.6 Å². The highest BCUT2D eigenvalue weighted by Gasteiger charge is 2.13. The van der Waals surface area contributed by atoms with Crippen molar-refractivity contribution in [2.75, 3.05) is 38.6 Å². The lowest BCUT2D eigenvalue weighted by atomic mass is 10.2. The second-order valence-corrected chi connectivity index (χ2v) is 4.83. The number of halogens is 2. The summed E-state index contributed by atoms with van der Waals surface area (Å²) in [7, 11) is 4.06. The molecule has 0 amide bonds. The second kappa shape index (κ2) is 7.54. The number of hydrogen-bond donors (Lipinski definition) is 0. The van der Waals surface area contributed by atoms with Crippen molar-refractivity contribution in [1.82, 2.24) is 9.88 Å².